The summed E-state index contributed by atoms with van der Waals surface area (Å²) in [5.41, 5.74) is 7.20. The van der Waals surface area contributed by atoms with Crippen LogP contribution in [0, 0.1) is 10.1 Å². The van der Waals surface area contributed by atoms with Crippen molar-refractivity contribution in [3.8, 4) is 0 Å². The van der Waals surface area contributed by atoms with Crippen molar-refractivity contribution in [2.45, 2.75) is 76.3 Å². The zero-order chi connectivity index (χ0) is 39.3. The van der Waals surface area contributed by atoms with Gasteiger partial charge in [-0.05, 0) is 61.1 Å². The molecule has 0 unspecified atom stereocenters. The number of nitro benzene ring substituents is 1. The molecule has 2 aliphatic rings. The summed E-state index contributed by atoms with van der Waals surface area (Å²) in [6.45, 7) is 0.833. The van der Waals surface area contributed by atoms with Crippen molar-refractivity contribution < 1.29 is 38.5 Å². The largest absolute Gasteiger partial charge is 0.456 e. The van der Waals surface area contributed by atoms with Crippen LogP contribution in [0.3, 0.4) is 0 Å². The average Bonchev–Trinajstić information content (AvgIpc) is 3.20. The lowest BCUT2D eigenvalue weighted by atomic mass is 9.86. The van der Waals surface area contributed by atoms with Gasteiger partial charge in [-0.1, -0.05) is 78.7 Å². The number of benzene rings is 3. The molecule has 3 aromatic carbocycles. The van der Waals surface area contributed by atoms with Crippen molar-refractivity contribution in [1.29, 1.82) is 0 Å². The number of nitrogens with zero attached hydrogens (tertiary/aromatic N) is 3. The van der Waals surface area contributed by atoms with Crippen LogP contribution < -0.4 is 16.4 Å². The normalized spacial score (nSPS) is 16.7. The highest BCUT2D eigenvalue weighted by Gasteiger charge is 2.54. The molecule has 0 saturated carbocycles. The molecule has 0 spiro atoms. The van der Waals surface area contributed by atoms with Crippen LogP contribution in [0.1, 0.15) is 67.7 Å². The highest BCUT2D eigenvalue weighted by molar-refractivity contribution is 6.32. The summed E-state index contributed by atoms with van der Waals surface area (Å²) >= 11 is 6.41. The number of β-lactam (4-membered cyclic amide) rings is 1. The number of ether oxygens (including phenoxy) is 1. The van der Waals surface area contributed by atoms with Crippen LogP contribution in [-0.4, -0.2) is 69.7 Å². The zero-order valence-electron chi connectivity index (χ0n) is 30.1. The lowest BCUT2D eigenvalue weighted by molar-refractivity contribution is -0.384. The average molecular weight is 775 g/mol. The van der Waals surface area contributed by atoms with E-state index in [0.717, 1.165) is 18.4 Å². The quantitative estimate of drug-likeness (QED) is 0.0518. The fourth-order valence-corrected chi connectivity index (χ4v) is 6.54. The van der Waals surface area contributed by atoms with Gasteiger partial charge in [0.05, 0.1) is 11.0 Å². The predicted molar refractivity (Wildman–Crippen MR) is 200 cm³/mol. The second-order valence-corrected chi connectivity index (χ2v) is 13.5. The molecule has 15 nitrogen and oxygen atoms in total. The van der Waals surface area contributed by atoms with Crippen LogP contribution >= 0.6 is 11.6 Å². The number of fused-ring (bicyclic) bond motifs is 1. The summed E-state index contributed by atoms with van der Waals surface area (Å²) in [4.78, 5) is 84.3. The number of nitro groups is 1. The molecule has 2 aliphatic heterocycles. The van der Waals surface area contributed by atoms with E-state index in [1.54, 1.807) is 30.3 Å². The van der Waals surface area contributed by atoms with E-state index >= 15 is 0 Å². The first-order valence-electron chi connectivity index (χ1n) is 18.0. The van der Waals surface area contributed by atoms with Gasteiger partial charge in [0.1, 0.15) is 31.0 Å². The van der Waals surface area contributed by atoms with Crippen LogP contribution in [0.5, 0.6) is 0 Å². The smallest absolute Gasteiger partial charge is 0.356 e. The molecule has 2 heterocycles. The second kappa shape index (κ2) is 19.6. The molecule has 5 rings (SSSR count). The van der Waals surface area contributed by atoms with Gasteiger partial charge in [0.25, 0.3) is 11.6 Å². The van der Waals surface area contributed by atoms with E-state index in [4.69, 9.17) is 26.9 Å². The third kappa shape index (κ3) is 10.7. The summed E-state index contributed by atoms with van der Waals surface area (Å²) in [7, 11) is 0. The van der Waals surface area contributed by atoms with E-state index < -0.39 is 46.7 Å². The van der Waals surface area contributed by atoms with E-state index in [1.807, 2.05) is 30.3 Å². The summed E-state index contributed by atoms with van der Waals surface area (Å²) in [6, 6.07) is 20.5. The van der Waals surface area contributed by atoms with Crippen molar-refractivity contribution in [2.75, 3.05) is 13.1 Å². The van der Waals surface area contributed by atoms with Crippen molar-refractivity contribution in [1.82, 2.24) is 20.6 Å². The van der Waals surface area contributed by atoms with Gasteiger partial charge in [0.15, 0.2) is 0 Å². The summed E-state index contributed by atoms with van der Waals surface area (Å²) in [6.07, 6.45) is 2.49. The summed E-state index contributed by atoms with van der Waals surface area (Å²) < 4.78 is 5.39. The van der Waals surface area contributed by atoms with Gasteiger partial charge >= 0.3 is 5.97 Å². The molecule has 16 heteroatoms. The molecule has 0 aliphatic carbocycles. The number of non-ortho nitro benzene ring substituents is 1. The number of esters is 1. The van der Waals surface area contributed by atoms with E-state index in [2.05, 4.69) is 10.6 Å². The summed E-state index contributed by atoms with van der Waals surface area (Å²) in [5, 5.41) is 17.8. The maximum atomic E-state index is 13.8. The Hall–Kier alpha value is -5.64. The maximum absolute atomic E-state index is 13.8. The van der Waals surface area contributed by atoms with Gasteiger partial charge in [0.2, 0.25) is 17.7 Å². The zero-order valence-corrected chi connectivity index (χ0v) is 30.8. The Balaban J connectivity index is 1.18. The molecule has 1 fully saturated rings. The number of hydrogen-bond donors (Lipinski definition) is 3. The molecule has 3 atom stereocenters. The fraction of sp³-hybridized carbons (Fsp3) is 0.359. The van der Waals surface area contributed by atoms with Crippen LogP contribution in [0.15, 0.2) is 95.7 Å². The van der Waals surface area contributed by atoms with Gasteiger partial charge in [-0.25, -0.2) is 9.86 Å². The van der Waals surface area contributed by atoms with E-state index in [0.29, 0.717) is 37.1 Å². The molecule has 55 heavy (non-hydrogen) atoms. The highest BCUT2D eigenvalue weighted by Crippen LogP contribution is 2.39. The Labute approximate surface area is 322 Å². The van der Waals surface area contributed by atoms with Crippen LogP contribution in [0.2, 0.25) is 0 Å². The monoisotopic (exact) mass is 774 g/mol. The number of amides is 4. The second-order valence-electron chi connectivity index (χ2n) is 13.1. The Morgan fingerprint density at radius 2 is 1.60 bits per heavy atom. The maximum Gasteiger partial charge on any atom is 0.356 e. The number of nitrogens with two attached hydrogens (primary N) is 1. The molecular formula is C39H43ClN6O9. The number of rotatable bonds is 19. The first-order chi connectivity index (χ1) is 26.6. The Morgan fingerprint density at radius 3 is 2.27 bits per heavy atom. The summed E-state index contributed by atoms with van der Waals surface area (Å²) in [5.74, 6) is -3.03. The van der Waals surface area contributed by atoms with Crippen molar-refractivity contribution in [3.63, 3.8) is 0 Å². The molecule has 290 valence electrons. The van der Waals surface area contributed by atoms with Crippen LogP contribution in [0.25, 0.3) is 0 Å². The third-order valence-corrected chi connectivity index (χ3v) is 9.59. The predicted octanol–water partition coefficient (Wildman–Crippen LogP) is 4.30. The lowest BCUT2D eigenvalue weighted by Crippen LogP contribution is -2.72. The SMILES string of the molecule is NCCCCCN(OCc1ccccc1)C(=O)CCC(=O)N[C@@H](C(=O)N[C@@H]1C(=O)N2C(C(=O)OCc3ccc([N+](=O)[O-])cc3)=C(Cl)CC[C@H]12)c1ccccc1. The van der Waals surface area contributed by atoms with E-state index in [1.165, 1.54) is 34.2 Å². The topological polar surface area (TPSA) is 204 Å². The number of hydroxylamine groups is 2. The van der Waals surface area contributed by atoms with E-state index in [9.17, 15) is 34.1 Å². The first-order valence-corrected chi connectivity index (χ1v) is 18.4. The number of halogens is 1. The van der Waals surface area contributed by atoms with Crippen LogP contribution in [0.4, 0.5) is 5.69 Å². The first kappa shape index (κ1) is 40.5. The minimum atomic E-state index is -1.19. The highest BCUT2D eigenvalue weighted by atomic mass is 35.5. The van der Waals surface area contributed by atoms with Crippen molar-refractivity contribution >= 4 is 46.9 Å². The number of allylic oxidation sites excluding steroid dienone is 1. The molecule has 0 bridgehead atoms. The lowest BCUT2D eigenvalue weighted by Gasteiger charge is -2.50. The van der Waals surface area contributed by atoms with Crippen LogP contribution in [-0.2, 0) is 46.8 Å². The Morgan fingerprint density at radius 1 is 0.927 bits per heavy atom. The molecule has 4 N–H and O–H groups in total. The van der Waals surface area contributed by atoms with Gasteiger partial charge in [-0.15, -0.1) is 0 Å². The Kier molecular flexibility index (Phi) is 14.5. The van der Waals surface area contributed by atoms with E-state index in [-0.39, 0.29) is 54.8 Å². The standard InChI is InChI=1S/C39H43ClN6O9/c40-30-18-19-31-35(38(50)45(31)36(30)39(51)54-24-27-14-16-29(17-15-27)46(52)53)43-37(49)34(28-12-6-2-7-13-28)42-32(47)20-21-33(48)44(23-9-3-8-22-41)55-25-26-10-4-1-5-11-26/h1-2,4-7,10-17,31,34-35H,3,8-9,18-25,41H2,(H,42,47)(H,43,49)/t31-,34-,35+/m1/s1. The molecule has 4 amide bonds. The molecule has 1 saturated heterocycles. The van der Waals surface area contributed by atoms with Gasteiger partial charge in [-0.2, -0.15) is 0 Å². The number of carbonyl (C=O) groups excluding carboxylic acids is 5. The van der Waals surface area contributed by atoms with Crippen molar-refractivity contribution in [3.05, 3.63) is 122 Å². The number of carbonyl (C=O) groups is 5. The minimum Gasteiger partial charge on any atom is -0.456 e. The van der Waals surface area contributed by atoms with Crippen molar-refractivity contribution in [2.24, 2.45) is 5.73 Å². The minimum absolute atomic E-state index is 0.115. The fourth-order valence-electron chi connectivity index (χ4n) is 6.26. The van der Waals surface area contributed by atoms with Gasteiger partial charge in [-0.3, -0.25) is 39.0 Å². The number of nitrogens with one attached hydrogen (secondary N) is 2. The molecule has 0 radical (unpaired) electrons. The van der Waals surface area contributed by atoms with Gasteiger partial charge in [0, 0.05) is 36.6 Å². The number of hydrogen-bond acceptors (Lipinski definition) is 10. The molecular weight excluding hydrogens is 732 g/mol. The Bertz CT molecular complexity index is 1880. The van der Waals surface area contributed by atoms with Gasteiger partial charge < -0.3 is 21.1 Å². The third-order valence-electron chi connectivity index (χ3n) is 9.23. The molecule has 3 aromatic rings. The molecule has 0 aromatic heterocycles. The number of unbranched alkanes of at least 4 members (excludes halogenated alkanes) is 2.